The Morgan fingerprint density at radius 3 is 1.44 bits per heavy atom. The van der Waals surface area contributed by atoms with Crippen molar-refractivity contribution in [3.05, 3.63) is 71.8 Å². The highest BCUT2D eigenvalue weighted by Crippen LogP contribution is 2.12. The Morgan fingerprint density at radius 1 is 0.688 bits per heavy atom. The second kappa shape index (κ2) is 14.7. The van der Waals surface area contributed by atoms with Crippen molar-refractivity contribution in [2.24, 2.45) is 10.2 Å². The molecule has 2 rings (SSSR count). The Hall–Kier alpha value is -3.28. The van der Waals surface area contributed by atoms with Crippen LogP contribution in [0.25, 0.3) is 0 Å². The first-order valence-electron chi connectivity index (χ1n) is 11.3. The second-order valence-corrected chi connectivity index (χ2v) is 7.94. The zero-order valence-corrected chi connectivity index (χ0v) is 19.0. The Morgan fingerprint density at radius 2 is 1.06 bits per heavy atom. The van der Waals surface area contributed by atoms with Gasteiger partial charge in [-0.2, -0.15) is 10.2 Å². The van der Waals surface area contributed by atoms with Crippen molar-refractivity contribution in [1.29, 1.82) is 0 Å². The lowest BCUT2D eigenvalue weighted by atomic mass is 10.0. The van der Waals surface area contributed by atoms with Crippen LogP contribution < -0.4 is 10.9 Å². The average molecular weight is 435 g/mol. The highest BCUT2D eigenvalue weighted by Gasteiger charge is 2.04. The minimum absolute atomic E-state index is 0.0823. The van der Waals surface area contributed by atoms with E-state index >= 15 is 0 Å². The summed E-state index contributed by atoms with van der Waals surface area (Å²) in [5, 5.41) is 8.11. The van der Waals surface area contributed by atoms with Gasteiger partial charge in [0.1, 0.15) is 0 Å². The maximum Gasteiger partial charge on any atom is 0.240 e. The number of nitrogens with one attached hydrogen (secondary N) is 2. The largest absolute Gasteiger partial charge is 0.273 e. The molecule has 32 heavy (non-hydrogen) atoms. The molecule has 2 atom stereocenters. The number of carbonyl (C=O) groups excluding carboxylic acids is 2. The molecule has 0 spiro atoms. The van der Waals surface area contributed by atoms with Crippen LogP contribution in [-0.4, -0.2) is 24.2 Å². The van der Waals surface area contributed by atoms with Crippen molar-refractivity contribution in [2.45, 2.75) is 64.2 Å². The van der Waals surface area contributed by atoms with E-state index < -0.39 is 0 Å². The van der Waals surface area contributed by atoms with E-state index in [0.717, 1.165) is 36.8 Å². The first-order chi connectivity index (χ1) is 15.6. The van der Waals surface area contributed by atoms with Crippen molar-refractivity contribution in [2.75, 3.05) is 0 Å². The molecule has 2 unspecified atom stereocenters. The molecule has 0 saturated carbocycles. The number of benzene rings is 2. The van der Waals surface area contributed by atoms with Crippen molar-refractivity contribution < 1.29 is 9.59 Å². The summed E-state index contributed by atoms with van der Waals surface area (Å²) in [7, 11) is 0. The second-order valence-electron chi connectivity index (χ2n) is 7.94. The van der Waals surface area contributed by atoms with Crippen LogP contribution in [0.3, 0.4) is 0 Å². The number of carbonyl (C=O) groups is 2. The molecule has 0 heterocycles. The molecule has 2 amide bonds. The van der Waals surface area contributed by atoms with Gasteiger partial charge in [0.15, 0.2) is 0 Å². The van der Waals surface area contributed by atoms with E-state index in [1.165, 1.54) is 0 Å². The summed E-state index contributed by atoms with van der Waals surface area (Å²) in [4.78, 5) is 23.7. The van der Waals surface area contributed by atoms with Crippen molar-refractivity contribution in [1.82, 2.24) is 10.9 Å². The third kappa shape index (κ3) is 10.2. The van der Waals surface area contributed by atoms with E-state index in [4.69, 9.17) is 0 Å². The number of rotatable bonds is 13. The van der Waals surface area contributed by atoms with Gasteiger partial charge in [0.2, 0.25) is 11.8 Å². The first kappa shape index (κ1) is 25.0. The number of unbranched alkanes of at least 4 members (excludes halogenated alkanes) is 3. The molecule has 2 aromatic carbocycles. The predicted molar refractivity (Wildman–Crippen MR) is 131 cm³/mol. The average Bonchev–Trinajstić information content (AvgIpc) is 2.82. The zero-order valence-electron chi connectivity index (χ0n) is 19.0. The Kier molecular flexibility index (Phi) is 11.5. The molecule has 0 radical (unpaired) electrons. The molecule has 0 aliphatic carbocycles. The fourth-order valence-corrected chi connectivity index (χ4v) is 3.16. The molecule has 0 aliphatic rings. The van der Waals surface area contributed by atoms with Gasteiger partial charge in [0.25, 0.3) is 0 Å². The summed E-state index contributed by atoms with van der Waals surface area (Å²) >= 11 is 0. The van der Waals surface area contributed by atoms with Crippen LogP contribution in [0.15, 0.2) is 70.9 Å². The van der Waals surface area contributed by atoms with Crippen molar-refractivity contribution in [3.8, 4) is 0 Å². The molecule has 2 aromatic rings. The monoisotopic (exact) mass is 434 g/mol. The van der Waals surface area contributed by atoms with Gasteiger partial charge < -0.3 is 0 Å². The summed E-state index contributed by atoms with van der Waals surface area (Å²) in [6, 6.07) is 20.1. The predicted octanol–water partition coefficient (Wildman–Crippen LogP) is 5.14. The van der Waals surface area contributed by atoms with Crippen molar-refractivity contribution >= 4 is 24.2 Å². The van der Waals surface area contributed by atoms with Gasteiger partial charge in [0, 0.05) is 37.1 Å². The van der Waals surface area contributed by atoms with Crippen LogP contribution in [-0.2, 0) is 9.59 Å². The van der Waals surface area contributed by atoms with Crippen LogP contribution in [0.5, 0.6) is 0 Å². The molecule has 6 nitrogen and oxygen atoms in total. The van der Waals surface area contributed by atoms with Gasteiger partial charge in [-0.3, -0.25) is 9.59 Å². The minimum atomic E-state index is -0.0823. The van der Waals surface area contributed by atoms with Gasteiger partial charge in [-0.25, -0.2) is 10.9 Å². The summed E-state index contributed by atoms with van der Waals surface area (Å²) in [6.07, 6.45) is 7.73. The number of hydrogen-bond donors (Lipinski definition) is 2. The molecular weight excluding hydrogens is 400 g/mol. The normalized spacial score (nSPS) is 13.2. The Labute approximate surface area is 191 Å². The number of amides is 2. The lowest BCUT2D eigenvalue weighted by molar-refractivity contribution is -0.122. The summed E-state index contributed by atoms with van der Waals surface area (Å²) in [5.74, 6) is 0.129. The molecule has 0 bridgehead atoms. The lowest BCUT2D eigenvalue weighted by Gasteiger charge is -2.06. The smallest absolute Gasteiger partial charge is 0.240 e. The zero-order chi connectivity index (χ0) is 23.0. The standard InChI is InChI=1S/C26H34N4O2/c1-21(23-13-7-5-8-14-23)19-27-29-25(31)17-11-3-4-12-18-26(32)30-28-20-22(2)24-15-9-6-10-16-24/h5-10,13-16,19-22H,3-4,11-12,17-18H2,1-2H3,(H,29,31)(H,30,32). The third-order valence-corrected chi connectivity index (χ3v) is 5.18. The van der Waals surface area contributed by atoms with E-state index in [9.17, 15) is 9.59 Å². The lowest BCUT2D eigenvalue weighted by Crippen LogP contribution is -2.18. The topological polar surface area (TPSA) is 82.9 Å². The van der Waals surface area contributed by atoms with E-state index in [1.54, 1.807) is 12.4 Å². The molecule has 2 N–H and O–H groups in total. The Balaban J connectivity index is 1.49. The van der Waals surface area contributed by atoms with E-state index in [0.29, 0.717) is 12.8 Å². The van der Waals surface area contributed by atoms with Crippen LogP contribution in [0.2, 0.25) is 0 Å². The van der Waals surface area contributed by atoms with Gasteiger partial charge in [0.05, 0.1) is 0 Å². The molecule has 0 saturated heterocycles. The Bertz CT molecular complexity index is 792. The van der Waals surface area contributed by atoms with Crippen LogP contribution in [0.1, 0.15) is 75.3 Å². The maximum atomic E-state index is 11.9. The van der Waals surface area contributed by atoms with Crippen LogP contribution in [0.4, 0.5) is 0 Å². The number of hydrazone groups is 2. The fraction of sp³-hybridized carbons (Fsp3) is 0.385. The van der Waals surface area contributed by atoms with Crippen LogP contribution >= 0.6 is 0 Å². The molecule has 6 heteroatoms. The molecule has 0 fully saturated rings. The minimum Gasteiger partial charge on any atom is -0.273 e. The quantitative estimate of drug-likeness (QED) is 0.260. The van der Waals surface area contributed by atoms with E-state index in [1.807, 2.05) is 74.5 Å². The third-order valence-electron chi connectivity index (χ3n) is 5.18. The molecule has 0 aliphatic heterocycles. The van der Waals surface area contributed by atoms with E-state index in [2.05, 4.69) is 21.1 Å². The molecule has 0 aromatic heterocycles. The number of nitrogens with zero attached hydrogens (tertiary/aromatic N) is 2. The van der Waals surface area contributed by atoms with Gasteiger partial charge in [-0.05, 0) is 24.0 Å². The summed E-state index contributed by atoms with van der Waals surface area (Å²) in [6.45, 7) is 4.08. The van der Waals surface area contributed by atoms with Crippen LogP contribution in [0, 0.1) is 0 Å². The van der Waals surface area contributed by atoms with Crippen molar-refractivity contribution in [3.63, 3.8) is 0 Å². The van der Waals surface area contributed by atoms with E-state index in [-0.39, 0.29) is 23.7 Å². The number of hydrogen-bond acceptors (Lipinski definition) is 4. The first-order valence-corrected chi connectivity index (χ1v) is 11.3. The molecule has 170 valence electrons. The summed E-state index contributed by atoms with van der Waals surface area (Å²) < 4.78 is 0. The van der Waals surface area contributed by atoms with Gasteiger partial charge >= 0.3 is 0 Å². The van der Waals surface area contributed by atoms with Gasteiger partial charge in [-0.15, -0.1) is 0 Å². The highest BCUT2D eigenvalue weighted by molar-refractivity contribution is 5.78. The molecular formula is C26H34N4O2. The maximum absolute atomic E-state index is 11.9. The highest BCUT2D eigenvalue weighted by atomic mass is 16.2. The van der Waals surface area contributed by atoms with Gasteiger partial charge in [-0.1, -0.05) is 87.4 Å². The summed E-state index contributed by atoms with van der Waals surface area (Å²) in [5.41, 5.74) is 7.49. The fourth-order valence-electron chi connectivity index (χ4n) is 3.16. The SMILES string of the molecule is CC(C=NNC(=O)CCCCCCC(=O)NN=CC(C)c1ccccc1)c1ccccc1.